The lowest BCUT2D eigenvalue weighted by Crippen LogP contribution is -3.15. The summed E-state index contributed by atoms with van der Waals surface area (Å²) < 4.78 is 5.80. The summed E-state index contributed by atoms with van der Waals surface area (Å²) in [5.41, 5.74) is 1.71. The van der Waals surface area contributed by atoms with Crippen LogP contribution in [0.5, 0.6) is 5.75 Å². The van der Waals surface area contributed by atoms with Crippen molar-refractivity contribution in [3.05, 3.63) is 59.1 Å². The van der Waals surface area contributed by atoms with Crippen molar-refractivity contribution in [1.82, 2.24) is 4.90 Å². The van der Waals surface area contributed by atoms with Crippen LogP contribution in [0, 0.1) is 6.92 Å². The molecule has 0 radical (unpaired) electrons. The number of quaternary nitrogens is 1. The number of aryl methyl sites for hydroxylation is 1. The molecule has 1 saturated heterocycles. The third-order valence-electron chi connectivity index (χ3n) is 4.99. The van der Waals surface area contributed by atoms with E-state index in [1.807, 2.05) is 48.2 Å². The molecule has 2 aromatic carbocycles. The average Bonchev–Trinajstić information content (AvgIpc) is 2.70. The van der Waals surface area contributed by atoms with E-state index < -0.39 is 6.10 Å². The molecule has 0 spiro atoms. The number of halogens is 1. The normalized spacial score (nSPS) is 15.6. The Hall–Kier alpha value is -2.57. The minimum Gasteiger partial charge on any atom is -0.481 e. The number of anilines is 1. The SMILES string of the molecule is Cc1cccc(O[C@H](C)C(=O)N2CC[NH+](CC(=O)Nc3ccccc3Cl)CC2)c1. The van der Waals surface area contributed by atoms with E-state index in [4.69, 9.17) is 16.3 Å². The molecule has 1 atom stereocenters. The Bertz CT molecular complexity index is 866. The Balaban J connectivity index is 1.45. The highest BCUT2D eigenvalue weighted by molar-refractivity contribution is 6.33. The van der Waals surface area contributed by atoms with E-state index in [-0.39, 0.29) is 11.8 Å². The predicted octanol–water partition coefficient (Wildman–Crippen LogP) is 1.78. The molecule has 29 heavy (non-hydrogen) atoms. The maximum absolute atomic E-state index is 12.7. The van der Waals surface area contributed by atoms with Crippen LogP contribution in [0.4, 0.5) is 5.69 Å². The minimum absolute atomic E-state index is 0.0222. The number of carbonyl (C=O) groups is 2. The zero-order valence-electron chi connectivity index (χ0n) is 16.8. The number of nitrogens with zero attached hydrogens (tertiary/aromatic N) is 1. The molecule has 0 aliphatic carbocycles. The van der Waals surface area contributed by atoms with Crippen LogP contribution in [-0.4, -0.2) is 55.5 Å². The maximum Gasteiger partial charge on any atom is 0.279 e. The number of hydrogen-bond donors (Lipinski definition) is 2. The first-order valence-electron chi connectivity index (χ1n) is 9.82. The van der Waals surface area contributed by atoms with E-state index in [9.17, 15) is 9.59 Å². The van der Waals surface area contributed by atoms with Gasteiger partial charge in [0.2, 0.25) is 0 Å². The molecule has 1 aliphatic heterocycles. The Morgan fingerprint density at radius 1 is 1.17 bits per heavy atom. The van der Waals surface area contributed by atoms with E-state index in [0.717, 1.165) is 23.6 Å². The van der Waals surface area contributed by atoms with Crippen molar-refractivity contribution in [3.63, 3.8) is 0 Å². The molecule has 0 saturated carbocycles. The van der Waals surface area contributed by atoms with E-state index in [0.29, 0.717) is 36.1 Å². The highest BCUT2D eigenvalue weighted by Crippen LogP contribution is 2.20. The highest BCUT2D eigenvalue weighted by atomic mass is 35.5. The zero-order chi connectivity index (χ0) is 20.8. The number of hydrogen-bond acceptors (Lipinski definition) is 3. The molecule has 1 fully saturated rings. The van der Waals surface area contributed by atoms with Crippen molar-refractivity contribution in [2.75, 3.05) is 38.0 Å². The topological polar surface area (TPSA) is 63.1 Å². The van der Waals surface area contributed by atoms with Crippen LogP contribution in [0.15, 0.2) is 48.5 Å². The van der Waals surface area contributed by atoms with Gasteiger partial charge in [-0.05, 0) is 43.7 Å². The molecule has 2 aromatic rings. The van der Waals surface area contributed by atoms with Gasteiger partial charge < -0.3 is 19.9 Å². The van der Waals surface area contributed by atoms with Gasteiger partial charge in [-0.2, -0.15) is 0 Å². The summed E-state index contributed by atoms with van der Waals surface area (Å²) >= 11 is 6.08. The standard InChI is InChI=1S/C22H26ClN3O3/c1-16-6-5-7-18(14-16)29-17(2)22(28)26-12-10-25(11-13-26)15-21(27)24-20-9-4-3-8-19(20)23/h3-9,14,17H,10-13,15H2,1-2H3,(H,24,27)/p+1/t17-/m1/s1. The van der Waals surface area contributed by atoms with E-state index in [1.54, 1.807) is 19.1 Å². The molecule has 1 heterocycles. The highest BCUT2D eigenvalue weighted by Gasteiger charge is 2.28. The van der Waals surface area contributed by atoms with Crippen molar-refractivity contribution in [2.45, 2.75) is 20.0 Å². The van der Waals surface area contributed by atoms with Gasteiger partial charge in [0.25, 0.3) is 11.8 Å². The zero-order valence-corrected chi connectivity index (χ0v) is 17.5. The fourth-order valence-corrected chi connectivity index (χ4v) is 3.59. The molecular weight excluding hydrogens is 390 g/mol. The van der Waals surface area contributed by atoms with E-state index in [2.05, 4.69) is 5.32 Å². The number of piperazine rings is 1. The summed E-state index contributed by atoms with van der Waals surface area (Å²) in [6.07, 6.45) is -0.540. The predicted molar refractivity (Wildman–Crippen MR) is 113 cm³/mol. The Labute approximate surface area is 176 Å². The molecule has 0 bridgehead atoms. The van der Waals surface area contributed by atoms with Crippen LogP contribution in [0.2, 0.25) is 5.02 Å². The van der Waals surface area contributed by atoms with Gasteiger partial charge in [-0.15, -0.1) is 0 Å². The second-order valence-electron chi connectivity index (χ2n) is 7.36. The van der Waals surface area contributed by atoms with Gasteiger partial charge in [-0.1, -0.05) is 35.9 Å². The molecule has 6 nitrogen and oxygen atoms in total. The van der Waals surface area contributed by atoms with Crippen LogP contribution in [0.25, 0.3) is 0 Å². The van der Waals surface area contributed by atoms with Gasteiger partial charge in [-0.25, -0.2) is 0 Å². The summed E-state index contributed by atoms with van der Waals surface area (Å²) in [4.78, 5) is 27.9. The van der Waals surface area contributed by atoms with Crippen molar-refractivity contribution in [3.8, 4) is 5.75 Å². The number of carbonyl (C=O) groups excluding carboxylic acids is 2. The Kier molecular flexibility index (Phi) is 7.12. The van der Waals surface area contributed by atoms with Gasteiger partial charge in [-0.3, -0.25) is 9.59 Å². The van der Waals surface area contributed by atoms with Gasteiger partial charge in [0.1, 0.15) is 5.75 Å². The Morgan fingerprint density at radius 2 is 1.90 bits per heavy atom. The largest absolute Gasteiger partial charge is 0.481 e. The monoisotopic (exact) mass is 416 g/mol. The van der Waals surface area contributed by atoms with Crippen LogP contribution in [0.1, 0.15) is 12.5 Å². The number of nitrogens with one attached hydrogen (secondary N) is 2. The van der Waals surface area contributed by atoms with Crippen LogP contribution >= 0.6 is 11.6 Å². The quantitative estimate of drug-likeness (QED) is 0.754. The molecule has 2 amide bonds. The van der Waals surface area contributed by atoms with Crippen molar-refractivity contribution >= 4 is 29.1 Å². The van der Waals surface area contributed by atoms with Crippen LogP contribution in [0.3, 0.4) is 0 Å². The number of rotatable bonds is 6. The molecule has 1 aliphatic rings. The van der Waals surface area contributed by atoms with Gasteiger partial charge in [0.15, 0.2) is 12.6 Å². The van der Waals surface area contributed by atoms with Gasteiger partial charge in [0, 0.05) is 0 Å². The summed E-state index contributed by atoms with van der Waals surface area (Å²) in [7, 11) is 0. The molecule has 0 aromatic heterocycles. The molecule has 154 valence electrons. The molecule has 7 heteroatoms. The first-order chi connectivity index (χ1) is 13.9. The fraction of sp³-hybridized carbons (Fsp3) is 0.364. The lowest BCUT2D eigenvalue weighted by atomic mass is 10.2. The minimum atomic E-state index is -0.540. The van der Waals surface area contributed by atoms with Crippen molar-refractivity contribution in [2.24, 2.45) is 0 Å². The number of ether oxygens (including phenoxy) is 1. The summed E-state index contributed by atoms with van der Waals surface area (Å²) in [5.74, 6) is 0.599. The van der Waals surface area contributed by atoms with Crippen LogP contribution < -0.4 is 15.0 Å². The lowest BCUT2D eigenvalue weighted by molar-refractivity contribution is -0.895. The first kappa shape index (κ1) is 21.1. The number of para-hydroxylation sites is 1. The summed E-state index contributed by atoms with van der Waals surface area (Å²) in [6, 6.07) is 14.9. The number of amides is 2. The first-order valence-corrected chi connectivity index (χ1v) is 10.2. The van der Waals surface area contributed by atoms with Crippen LogP contribution in [-0.2, 0) is 9.59 Å². The van der Waals surface area contributed by atoms with E-state index in [1.165, 1.54) is 0 Å². The number of benzene rings is 2. The summed E-state index contributed by atoms with van der Waals surface area (Å²) in [6.45, 7) is 6.77. The van der Waals surface area contributed by atoms with Gasteiger partial charge in [0.05, 0.1) is 36.9 Å². The van der Waals surface area contributed by atoms with Crippen molar-refractivity contribution in [1.29, 1.82) is 0 Å². The Morgan fingerprint density at radius 3 is 2.59 bits per heavy atom. The lowest BCUT2D eigenvalue weighted by Gasteiger charge is -2.33. The second kappa shape index (κ2) is 9.76. The third kappa shape index (κ3) is 5.95. The summed E-state index contributed by atoms with van der Waals surface area (Å²) in [5, 5.41) is 3.37. The fourth-order valence-electron chi connectivity index (χ4n) is 3.40. The third-order valence-corrected chi connectivity index (χ3v) is 5.32. The van der Waals surface area contributed by atoms with Gasteiger partial charge >= 0.3 is 0 Å². The molecular formula is C22H27ClN3O3+. The van der Waals surface area contributed by atoms with E-state index >= 15 is 0 Å². The second-order valence-corrected chi connectivity index (χ2v) is 7.76. The smallest absolute Gasteiger partial charge is 0.279 e. The average molecular weight is 417 g/mol. The molecule has 3 rings (SSSR count). The van der Waals surface area contributed by atoms with Crippen molar-refractivity contribution < 1.29 is 19.2 Å². The molecule has 2 N–H and O–H groups in total. The maximum atomic E-state index is 12.7. The molecule has 0 unspecified atom stereocenters.